The van der Waals surface area contributed by atoms with Crippen molar-refractivity contribution in [2.45, 2.75) is 352 Å². The topological polar surface area (TPSA) is 175 Å². The molecule has 0 bridgehead atoms. The van der Waals surface area contributed by atoms with Crippen molar-refractivity contribution in [3.63, 3.8) is 0 Å². The molecule has 446 valence electrons. The molecule has 11 heteroatoms. The molecule has 11 nitrogen and oxygen atoms in total. The second-order valence-corrected chi connectivity index (χ2v) is 22.5. The summed E-state index contributed by atoms with van der Waals surface area (Å²) in [6, 6.07) is -1.02. The van der Waals surface area contributed by atoms with E-state index >= 15 is 0 Å². The van der Waals surface area contributed by atoms with Gasteiger partial charge >= 0.3 is 5.97 Å². The van der Waals surface area contributed by atoms with Crippen LogP contribution in [-0.2, 0) is 23.8 Å². The van der Waals surface area contributed by atoms with Crippen molar-refractivity contribution in [1.82, 2.24) is 5.32 Å². The monoisotopic (exact) mass is 1080 g/mol. The molecule has 1 saturated heterocycles. The van der Waals surface area contributed by atoms with Gasteiger partial charge in [0.1, 0.15) is 24.4 Å². The van der Waals surface area contributed by atoms with Gasteiger partial charge in [-0.1, -0.05) is 263 Å². The lowest BCUT2D eigenvalue weighted by molar-refractivity contribution is -0.305. The van der Waals surface area contributed by atoms with Crippen LogP contribution in [0.25, 0.3) is 0 Å². The van der Waals surface area contributed by atoms with Gasteiger partial charge in [0.15, 0.2) is 12.4 Å². The molecule has 0 spiro atoms. The lowest BCUT2D eigenvalue weighted by atomic mass is 9.99. The van der Waals surface area contributed by atoms with Gasteiger partial charge in [0.05, 0.1) is 25.4 Å². The second-order valence-electron chi connectivity index (χ2n) is 22.5. The molecule has 0 radical (unpaired) electrons. The first kappa shape index (κ1) is 71.9. The smallest absolute Gasteiger partial charge is 0.306 e. The fraction of sp³-hybridized carbons (Fsp3) is 0.877. The molecule has 0 aromatic rings. The lowest BCUT2D eigenvalue weighted by Gasteiger charge is -2.41. The number of carbonyl (C=O) groups is 2. The molecule has 1 aliphatic heterocycles. The molecule has 0 saturated carbocycles. The molecule has 8 atom stereocenters. The summed E-state index contributed by atoms with van der Waals surface area (Å²) < 4.78 is 17.6. The van der Waals surface area contributed by atoms with E-state index in [-0.39, 0.29) is 19.4 Å². The van der Waals surface area contributed by atoms with E-state index in [0.29, 0.717) is 12.8 Å². The number of aliphatic hydroxyl groups excluding tert-OH is 5. The minimum Gasteiger partial charge on any atom is -0.454 e. The number of unbranched alkanes of at least 4 members (excludes halogenated alkanes) is 37. The Hall–Kier alpha value is -2.12. The predicted octanol–water partition coefficient (Wildman–Crippen LogP) is 15.5. The average Bonchev–Trinajstić information content (AvgIpc) is 3.42. The molecule has 1 rings (SSSR count). The van der Waals surface area contributed by atoms with Gasteiger partial charge in [-0.15, -0.1) is 0 Å². The molecule has 0 aromatic heterocycles. The van der Waals surface area contributed by atoms with Gasteiger partial charge in [0.25, 0.3) is 0 Å². The summed E-state index contributed by atoms with van der Waals surface area (Å²) >= 11 is 0. The van der Waals surface area contributed by atoms with Gasteiger partial charge in [0, 0.05) is 6.42 Å². The third-order valence-electron chi connectivity index (χ3n) is 15.3. The number of rotatable bonds is 55. The summed E-state index contributed by atoms with van der Waals surface area (Å²) in [7, 11) is 0. The van der Waals surface area contributed by atoms with Crippen LogP contribution in [0.15, 0.2) is 36.5 Å². The zero-order valence-corrected chi connectivity index (χ0v) is 49.4. The van der Waals surface area contributed by atoms with Crippen LogP contribution < -0.4 is 5.32 Å². The first-order valence-corrected chi connectivity index (χ1v) is 32.3. The molecule has 1 amide bonds. The molecule has 6 N–H and O–H groups in total. The Labute approximate surface area is 466 Å². The van der Waals surface area contributed by atoms with Crippen molar-refractivity contribution in [3.8, 4) is 0 Å². The van der Waals surface area contributed by atoms with E-state index in [1.165, 1.54) is 186 Å². The van der Waals surface area contributed by atoms with Gasteiger partial charge < -0.3 is 45.1 Å². The molecule has 8 unspecified atom stereocenters. The summed E-state index contributed by atoms with van der Waals surface area (Å²) in [5, 5.41) is 56.9. The number of hydrogen-bond acceptors (Lipinski definition) is 10. The van der Waals surface area contributed by atoms with Gasteiger partial charge in [-0.2, -0.15) is 0 Å². The molecule has 1 aliphatic rings. The van der Waals surface area contributed by atoms with Crippen LogP contribution in [-0.4, -0.2) is 99.6 Å². The van der Waals surface area contributed by atoms with Crippen molar-refractivity contribution >= 4 is 11.9 Å². The average molecular weight is 1080 g/mol. The summed E-state index contributed by atoms with van der Waals surface area (Å²) in [6.45, 7) is 5.75. The summed E-state index contributed by atoms with van der Waals surface area (Å²) in [5.74, 6) is -1.20. The maximum absolute atomic E-state index is 13.3. The fourth-order valence-corrected chi connectivity index (χ4v) is 10.1. The third-order valence-corrected chi connectivity index (χ3v) is 15.3. The predicted molar refractivity (Wildman–Crippen MR) is 315 cm³/mol. The van der Waals surface area contributed by atoms with Crippen molar-refractivity contribution < 1.29 is 49.3 Å². The highest BCUT2D eigenvalue weighted by atomic mass is 16.7. The minimum absolute atomic E-state index is 0.126. The molecule has 0 aromatic carbocycles. The number of allylic oxidation sites excluding steroid dienone is 5. The quantitative estimate of drug-likeness (QED) is 0.0195. The maximum atomic E-state index is 13.3. The second kappa shape index (κ2) is 53.5. The van der Waals surface area contributed by atoms with Crippen molar-refractivity contribution in [2.75, 3.05) is 13.2 Å². The molecule has 0 aliphatic carbocycles. The largest absolute Gasteiger partial charge is 0.454 e. The number of ether oxygens (including phenoxy) is 3. The minimum atomic E-state index is -1.61. The van der Waals surface area contributed by atoms with Gasteiger partial charge in [-0.3, -0.25) is 9.59 Å². The fourth-order valence-electron chi connectivity index (χ4n) is 10.1. The third kappa shape index (κ3) is 41.0. The number of aliphatic hydroxyl groups is 5. The SMILES string of the molecule is CCCC/C=C\CCCCCCC(O)C(=O)NC(COC1OC(CO)C(O)C(O)C1OC(=O)CCCCCCCCCCCCCCCCC/C=C/CCCCCCCC)C(O)/C=C/CCCCCCCCCCCC. The number of amides is 1. The number of carbonyl (C=O) groups excluding carboxylic acids is 2. The van der Waals surface area contributed by atoms with Gasteiger partial charge in [-0.25, -0.2) is 0 Å². The van der Waals surface area contributed by atoms with Crippen LogP contribution in [0.5, 0.6) is 0 Å². The van der Waals surface area contributed by atoms with Crippen LogP contribution in [0, 0.1) is 0 Å². The van der Waals surface area contributed by atoms with Crippen LogP contribution in [0.2, 0.25) is 0 Å². The first-order valence-electron chi connectivity index (χ1n) is 32.3. The molecule has 1 fully saturated rings. The summed E-state index contributed by atoms with van der Waals surface area (Å²) in [6.07, 6.45) is 53.5. The molecular weight excluding hydrogens is 955 g/mol. The van der Waals surface area contributed by atoms with Crippen molar-refractivity contribution in [2.24, 2.45) is 0 Å². The Morgan fingerprint density at radius 3 is 1.32 bits per heavy atom. The Kier molecular flexibility index (Phi) is 50.6. The van der Waals surface area contributed by atoms with Crippen LogP contribution in [0.3, 0.4) is 0 Å². The van der Waals surface area contributed by atoms with Gasteiger partial charge in [0.2, 0.25) is 5.91 Å². The Bertz CT molecular complexity index is 1380. The van der Waals surface area contributed by atoms with Crippen molar-refractivity contribution in [3.05, 3.63) is 36.5 Å². The van der Waals surface area contributed by atoms with E-state index in [0.717, 1.165) is 70.6 Å². The van der Waals surface area contributed by atoms with Crippen LogP contribution in [0.4, 0.5) is 0 Å². The van der Waals surface area contributed by atoms with Gasteiger partial charge in [-0.05, 0) is 70.6 Å². The summed E-state index contributed by atoms with van der Waals surface area (Å²) in [5.41, 5.74) is 0. The van der Waals surface area contributed by atoms with Crippen molar-refractivity contribution in [1.29, 1.82) is 0 Å². The number of hydrogen-bond donors (Lipinski definition) is 6. The Balaban J connectivity index is 2.54. The highest BCUT2D eigenvalue weighted by Gasteiger charge is 2.47. The normalized spacial score (nSPS) is 19.3. The number of nitrogens with one attached hydrogen (secondary N) is 1. The zero-order chi connectivity index (χ0) is 55.4. The number of esters is 1. The van der Waals surface area contributed by atoms with E-state index < -0.39 is 67.4 Å². The highest BCUT2D eigenvalue weighted by Crippen LogP contribution is 2.26. The van der Waals surface area contributed by atoms with Crippen LogP contribution >= 0.6 is 0 Å². The standard InChI is InChI=1S/C65H121NO10/c1-4-7-10-13-16-19-22-24-25-26-27-28-29-30-31-32-33-34-35-36-38-41-44-47-50-53-60(70)76-63-62(72)61(71)59(54-67)75-65(63)74-55-56(57(68)51-48-45-42-40-37-23-20-17-14-11-8-5-2)66-64(73)58(69)52-49-46-43-39-21-18-15-12-9-6-3/h15,18,24-25,48,51,56-59,61-63,65,67-69,71-72H,4-14,16-17,19-23,26-47,49-50,52-55H2,1-3H3,(H,66,73)/b18-15-,25-24+,51-48+. The summed E-state index contributed by atoms with van der Waals surface area (Å²) in [4.78, 5) is 26.5. The van der Waals surface area contributed by atoms with E-state index in [9.17, 15) is 35.1 Å². The lowest BCUT2D eigenvalue weighted by Crippen LogP contribution is -2.61. The zero-order valence-electron chi connectivity index (χ0n) is 49.4. The first-order chi connectivity index (χ1) is 37.2. The molecule has 1 heterocycles. The molecular formula is C65H121NO10. The van der Waals surface area contributed by atoms with E-state index in [1.807, 2.05) is 6.08 Å². The Morgan fingerprint density at radius 1 is 0.500 bits per heavy atom. The maximum Gasteiger partial charge on any atom is 0.306 e. The molecule has 76 heavy (non-hydrogen) atoms. The van der Waals surface area contributed by atoms with E-state index in [4.69, 9.17) is 14.2 Å². The van der Waals surface area contributed by atoms with Crippen LogP contribution in [0.1, 0.15) is 303 Å². The van der Waals surface area contributed by atoms with E-state index in [2.05, 4.69) is 50.4 Å². The Morgan fingerprint density at radius 2 is 0.882 bits per heavy atom. The highest BCUT2D eigenvalue weighted by molar-refractivity contribution is 5.80. The van der Waals surface area contributed by atoms with E-state index in [1.54, 1.807) is 6.08 Å².